The van der Waals surface area contributed by atoms with Crippen molar-refractivity contribution in [1.29, 1.82) is 0 Å². The molecule has 0 saturated carbocycles. The number of aliphatic imine (C=N–C) groups is 2. The number of hydrogen-bond acceptors (Lipinski definition) is 2. The van der Waals surface area contributed by atoms with Crippen molar-refractivity contribution in [3.8, 4) is 0 Å². The van der Waals surface area contributed by atoms with Crippen molar-refractivity contribution in [2.24, 2.45) is 15.9 Å². The maximum Gasteiger partial charge on any atom is 0.240 e. The Kier molecular flexibility index (Phi) is 21.4. The van der Waals surface area contributed by atoms with E-state index in [0.717, 1.165) is 18.5 Å². The fourth-order valence-corrected chi connectivity index (χ4v) is 5.00. The van der Waals surface area contributed by atoms with Crippen LogP contribution in [0.5, 0.6) is 0 Å². The van der Waals surface area contributed by atoms with Crippen molar-refractivity contribution in [2.75, 3.05) is 0 Å². The molecule has 2 nitrogen and oxygen atoms in total. The molecule has 0 fully saturated rings. The Balaban J connectivity index is 1.99. The van der Waals surface area contributed by atoms with Gasteiger partial charge in [-0.1, -0.05) is 159 Å². The molecule has 1 unspecified atom stereocenters. The van der Waals surface area contributed by atoms with Gasteiger partial charge in [0.25, 0.3) is 0 Å². The molecule has 1 rings (SSSR count). The molecule has 0 bridgehead atoms. The highest BCUT2D eigenvalue weighted by Crippen LogP contribution is 2.28. The lowest BCUT2D eigenvalue weighted by atomic mass is 9.90. The number of unbranched alkanes of at least 4 members (excludes halogenated alkanes) is 19. The molecular weight excluding hydrogens is 388 g/mol. The third kappa shape index (κ3) is 18.8. The van der Waals surface area contributed by atoms with Crippen molar-refractivity contribution >= 4 is 12.4 Å². The molecule has 2 heteroatoms. The van der Waals surface area contributed by atoms with Gasteiger partial charge in [0.2, 0.25) is 6.17 Å². The van der Waals surface area contributed by atoms with Crippen LogP contribution in [0.25, 0.3) is 0 Å². The molecule has 0 radical (unpaired) electrons. The van der Waals surface area contributed by atoms with Crippen LogP contribution in [0, 0.1) is 12.1 Å². The van der Waals surface area contributed by atoms with E-state index in [4.69, 9.17) is 0 Å². The molecular formula is C30H57N2+. The van der Waals surface area contributed by atoms with E-state index in [1.165, 1.54) is 148 Å². The lowest BCUT2D eigenvalue weighted by Gasteiger charge is -2.15. The third-order valence-electron chi connectivity index (χ3n) is 7.17. The van der Waals surface area contributed by atoms with Gasteiger partial charge in [0.1, 0.15) is 0 Å². The Morgan fingerprint density at radius 1 is 0.469 bits per heavy atom. The van der Waals surface area contributed by atoms with Crippen molar-refractivity contribution in [1.82, 2.24) is 0 Å². The number of hydrogen-bond donors (Lipinski definition) is 0. The summed E-state index contributed by atoms with van der Waals surface area (Å²) >= 11 is 0. The van der Waals surface area contributed by atoms with Crippen LogP contribution in [0.4, 0.5) is 0 Å². The molecule has 0 N–H and O–H groups in total. The van der Waals surface area contributed by atoms with Crippen molar-refractivity contribution in [2.45, 2.75) is 168 Å². The summed E-state index contributed by atoms with van der Waals surface area (Å²) in [6.45, 7) is 4.60. The highest BCUT2D eigenvalue weighted by atomic mass is 15.0. The van der Waals surface area contributed by atoms with Gasteiger partial charge in [-0.25, -0.2) is 0 Å². The molecule has 0 aliphatic carbocycles. The Bertz CT molecular complexity index is 417. The highest BCUT2D eigenvalue weighted by molar-refractivity contribution is 6.18. The van der Waals surface area contributed by atoms with Gasteiger partial charge in [0.15, 0.2) is 12.4 Å². The first-order valence-electron chi connectivity index (χ1n) is 14.8. The highest BCUT2D eigenvalue weighted by Gasteiger charge is 2.22. The monoisotopic (exact) mass is 445 g/mol. The van der Waals surface area contributed by atoms with Gasteiger partial charge in [0, 0.05) is 0 Å². The molecule has 1 aliphatic rings. The average molecular weight is 446 g/mol. The normalized spacial score (nSPS) is 14.0. The molecule has 1 atom stereocenters. The standard InChI is InChI=1S/C30H57N2/c1-3-5-7-9-11-13-14-15-16-17-19-21-23-25-29(28-30-31-26-27-32-30)24-22-20-18-12-10-8-6-4-2/h26-27,29H,3-25,28H2,1-2H3/q+1. The molecule has 1 heterocycles. The minimum atomic E-state index is 0.796. The Morgan fingerprint density at radius 2 is 0.781 bits per heavy atom. The zero-order valence-corrected chi connectivity index (χ0v) is 22.1. The predicted molar refractivity (Wildman–Crippen MR) is 146 cm³/mol. The van der Waals surface area contributed by atoms with Gasteiger partial charge >= 0.3 is 0 Å². The first-order chi connectivity index (χ1) is 15.9. The van der Waals surface area contributed by atoms with E-state index in [2.05, 4.69) is 23.8 Å². The topological polar surface area (TPSA) is 24.7 Å². The predicted octanol–water partition coefficient (Wildman–Crippen LogP) is 10.6. The summed E-state index contributed by atoms with van der Waals surface area (Å²) in [5.41, 5.74) is 0. The van der Waals surface area contributed by atoms with Gasteiger partial charge < -0.3 is 0 Å². The summed E-state index contributed by atoms with van der Waals surface area (Å²) in [6, 6.07) is 0. The Hall–Kier alpha value is -0.790. The SMILES string of the molecule is CCCCCCCCCCCCCCCC(CCCCCCCCCC)C[C+]1N=CC=N1. The van der Waals surface area contributed by atoms with Gasteiger partial charge in [-0.05, 0) is 18.8 Å². The van der Waals surface area contributed by atoms with Gasteiger partial charge in [0.05, 0.1) is 6.42 Å². The average Bonchev–Trinajstić information content (AvgIpc) is 3.31. The second-order valence-electron chi connectivity index (χ2n) is 10.3. The Labute approximate surface area is 202 Å². The van der Waals surface area contributed by atoms with Crippen LogP contribution < -0.4 is 0 Å². The minimum absolute atomic E-state index is 0.796. The van der Waals surface area contributed by atoms with Gasteiger partial charge in [-0.3, -0.25) is 0 Å². The van der Waals surface area contributed by atoms with Crippen LogP contribution >= 0.6 is 0 Å². The first kappa shape index (κ1) is 29.2. The fraction of sp³-hybridized carbons (Fsp3) is 0.900. The molecule has 0 aromatic heterocycles. The summed E-state index contributed by atoms with van der Waals surface area (Å²) < 4.78 is 0. The van der Waals surface area contributed by atoms with E-state index in [-0.39, 0.29) is 0 Å². The number of nitrogens with zero attached hydrogens (tertiary/aromatic N) is 2. The van der Waals surface area contributed by atoms with E-state index < -0.39 is 0 Å². The van der Waals surface area contributed by atoms with Crippen LogP contribution in [-0.2, 0) is 0 Å². The molecule has 0 aromatic rings. The maximum absolute atomic E-state index is 4.44. The molecule has 0 saturated heterocycles. The minimum Gasteiger partial charge on any atom is -0.0968 e. The van der Waals surface area contributed by atoms with Gasteiger partial charge in [-0.2, -0.15) is 0 Å². The van der Waals surface area contributed by atoms with Crippen molar-refractivity contribution < 1.29 is 0 Å². The molecule has 32 heavy (non-hydrogen) atoms. The smallest absolute Gasteiger partial charge is 0.0968 e. The molecule has 186 valence electrons. The zero-order valence-electron chi connectivity index (χ0n) is 22.1. The summed E-state index contributed by atoms with van der Waals surface area (Å²) in [4.78, 5) is 8.89. The van der Waals surface area contributed by atoms with Crippen LogP contribution in [0.15, 0.2) is 9.98 Å². The Morgan fingerprint density at radius 3 is 1.12 bits per heavy atom. The fourth-order valence-electron chi connectivity index (χ4n) is 5.00. The van der Waals surface area contributed by atoms with Crippen LogP contribution in [-0.4, -0.2) is 12.4 Å². The second kappa shape index (κ2) is 23.4. The lowest BCUT2D eigenvalue weighted by molar-refractivity contribution is 0.384. The number of rotatable bonds is 25. The van der Waals surface area contributed by atoms with Crippen molar-refractivity contribution in [3.05, 3.63) is 6.17 Å². The van der Waals surface area contributed by atoms with Crippen LogP contribution in [0.1, 0.15) is 168 Å². The van der Waals surface area contributed by atoms with E-state index in [1.54, 1.807) is 0 Å². The zero-order chi connectivity index (χ0) is 23.0. The van der Waals surface area contributed by atoms with E-state index >= 15 is 0 Å². The summed E-state index contributed by atoms with van der Waals surface area (Å²) in [7, 11) is 0. The maximum atomic E-state index is 4.44. The lowest BCUT2D eigenvalue weighted by Crippen LogP contribution is -2.05. The van der Waals surface area contributed by atoms with E-state index in [1.807, 2.05) is 12.4 Å². The summed E-state index contributed by atoms with van der Waals surface area (Å²) in [5, 5.41) is 0. The van der Waals surface area contributed by atoms with Crippen LogP contribution in [0.3, 0.4) is 0 Å². The first-order valence-corrected chi connectivity index (χ1v) is 14.8. The molecule has 1 aliphatic heterocycles. The van der Waals surface area contributed by atoms with Crippen LogP contribution in [0.2, 0.25) is 0 Å². The van der Waals surface area contributed by atoms with E-state index in [9.17, 15) is 0 Å². The van der Waals surface area contributed by atoms with E-state index in [0.29, 0.717) is 0 Å². The molecule has 0 amide bonds. The largest absolute Gasteiger partial charge is 0.240 e. The van der Waals surface area contributed by atoms with Crippen molar-refractivity contribution in [3.63, 3.8) is 0 Å². The van der Waals surface area contributed by atoms with Gasteiger partial charge in [-0.15, -0.1) is 0 Å². The summed E-state index contributed by atoms with van der Waals surface area (Å²) in [5.74, 6) is 0.796. The third-order valence-corrected chi connectivity index (χ3v) is 7.17. The summed E-state index contributed by atoms with van der Waals surface area (Å²) in [6.07, 6.45) is 38.7. The molecule has 0 aromatic carbocycles. The molecule has 0 spiro atoms. The quantitative estimate of drug-likeness (QED) is 0.0985. The second-order valence-corrected chi connectivity index (χ2v) is 10.3.